The van der Waals surface area contributed by atoms with Gasteiger partial charge in [0.1, 0.15) is 8.07 Å². The molecule has 4 N–H and O–H groups in total. The van der Waals surface area contributed by atoms with Crippen molar-refractivity contribution >= 4 is 26.8 Å². The summed E-state index contributed by atoms with van der Waals surface area (Å²) in [6, 6.07) is 24.1. The zero-order valence-electron chi connectivity index (χ0n) is 17.0. The van der Waals surface area contributed by atoms with Gasteiger partial charge < -0.3 is 15.9 Å². The van der Waals surface area contributed by atoms with Crippen molar-refractivity contribution < 1.29 is 4.43 Å². The first-order valence-electron chi connectivity index (χ1n) is 10.2. The van der Waals surface area contributed by atoms with Crippen molar-refractivity contribution in [2.24, 2.45) is 11.5 Å². The van der Waals surface area contributed by atoms with Crippen molar-refractivity contribution in [3.05, 3.63) is 60.7 Å². The standard InChI is InChI=1S/C22H36N2OSi2/c1-26(18-11-17-24,21-12-5-3-6-13-21)20-25-27(2,19-10-9-16-23)22-14-7-4-8-15-22/h3-8,12-15H,9-11,16-20,23-24H2,1-2H3. The Hall–Kier alpha value is -1.25. The Balaban J connectivity index is 2.21. The minimum atomic E-state index is -2.00. The maximum atomic E-state index is 6.90. The van der Waals surface area contributed by atoms with Gasteiger partial charge in [-0.1, -0.05) is 84.9 Å². The smallest absolute Gasteiger partial charge is 0.220 e. The maximum absolute atomic E-state index is 6.90. The van der Waals surface area contributed by atoms with Crippen LogP contribution in [-0.4, -0.2) is 35.7 Å². The molecular weight excluding hydrogens is 364 g/mol. The van der Waals surface area contributed by atoms with Crippen molar-refractivity contribution in [1.82, 2.24) is 0 Å². The van der Waals surface area contributed by atoms with Crippen LogP contribution in [0.5, 0.6) is 0 Å². The first-order chi connectivity index (χ1) is 13.0. The van der Waals surface area contributed by atoms with E-state index in [1.807, 2.05) is 0 Å². The monoisotopic (exact) mass is 400 g/mol. The van der Waals surface area contributed by atoms with Gasteiger partial charge in [-0.15, -0.1) is 0 Å². The molecule has 2 rings (SSSR count). The normalized spacial score (nSPS) is 15.9. The fourth-order valence-corrected chi connectivity index (χ4v) is 11.2. The van der Waals surface area contributed by atoms with Crippen LogP contribution in [0.25, 0.3) is 0 Å². The van der Waals surface area contributed by atoms with Gasteiger partial charge in [-0.3, -0.25) is 0 Å². The molecule has 0 aliphatic rings. The van der Waals surface area contributed by atoms with Crippen LogP contribution in [0.1, 0.15) is 19.3 Å². The molecule has 3 nitrogen and oxygen atoms in total. The molecule has 2 aromatic rings. The van der Waals surface area contributed by atoms with Gasteiger partial charge in [-0.25, -0.2) is 0 Å². The SMILES string of the molecule is C[Si](CCCN)(CO[Si](C)(CCCCN)c1ccccc1)c1ccccc1. The first kappa shape index (κ1) is 22.0. The zero-order valence-corrected chi connectivity index (χ0v) is 19.0. The number of hydrogen-bond acceptors (Lipinski definition) is 3. The van der Waals surface area contributed by atoms with Crippen LogP contribution >= 0.6 is 0 Å². The third-order valence-electron chi connectivity index (χ3n) is 5.61. The maximum Gasteiger partial charge on any atom is 0.220 e. The predicted molar refractivity (Wildman–Crippen MR) is 123 cm³/mol. The molecule has 0 spiro atoms. The molecule has 0 radical (unpaired) electrons. The van der Waals surface area contributed by atoms with E-state index < -0.39 is 16.4 Å². The number of rotatable bonds is 12. The lowest BCUT2D eigenvalue weighted by Gasteiger charge is -2.35. The third-order valence-corrected chi connectivity index (χ3v) is 13.5. The highest BCUT2D eigenvalue weighted by molar-refractivity contribution is 6.92. The van der Waals surface area contributed by atoms with Gasteiger partial charge in [0.2, 0.25) is 8.32 Å². The molecule has 0 aromatic heterocycles. The van der Waals surface area contributed by atoms with Crippen molar-refractivity contribution in [2.75, 3.05) is 19.3 Å². The van der Waals surface area contributed by atoms with Crippen LogP contribution in [0.15, 0.2) is 60.7 Å². The minimum Gasteiger partial charge on any atom is -0.415 e. The summed E-state index contributed by atoms with van der Waals surface area (Å²) in [6.45, 7) is 6.34. The molecule has 5 heteroatoms. The molecule has 2 atom stereocenters. The summed E-state index contributed by atoms with van der Waals surface area (Å²) in [4.78, 5) is 0. The van der Waals surface area contributed by atoms with E-state index in [0.29, 0.717) is 0 Å². The lowest BCUT2D eigenvalue weighted by atomic mass is 10.3. The summed E-state index contributed by atoms with van der Waals surface area (Å²) in [5, 5.41) is 2.87. The molecule has 0 heterocycles. The number of hydrogen-bond donors (Lipinski definition) is 2. The van der Waals surface area contributed by atoms with Crippen molar-refractivity contribution in [2.45, 2.75) is 44.4 Å². The highest BCUT2D eigenvalue weighted by Gasteiger charge is 2.36. The van der Waals surface area contributed by atoms with E-state index in [2.05, 4.69) is 73.8 Å². The lowest BCUT2D eigenvalue weighted by Crippen LogP contribution is -2.56. The Morgan fingerprint density at radius 2 is 1.26 bits per heavy atom. The van der Waals surface area contributed by atoms with Crippen LogP contribution in [0, 0.1) is 0 Å². The molecule has 0 aliphatic heterocycles. The third kappa shape index (κ3) is 6.40. The number of benzene rings is 2. The van der Waals surface area contributed by atoms with E-state index in [-0.39, 0.29) is 0 Å². The Morgan fingerprint density at radius 3 is 1.81 bits per heavy atom. The van der Waals surface area contributed by atoms with Crippen molar-refractivity contribution in [3.8, 4) is 0 Å². The van der Waals surface area contributed by atoms with E-state index in [9.17, 15) is 0 Å². The van der Waals surface area contributed by atoms with Crippen molar-refractivity contribution in [3.63, 3.8) is 0 Å². The van der Waals surface area contributed by atoms with Gasteiger partial charge in [0.05, 0.1) is 0 Å². The Morgan fingerprint density at radius 1 is 0.704 bits per heavy atom. The minimum absolute atomic E-state index is 0.749. The van der Waals surface area contributed by atoms with Gasteiger partial charge in [0.15, 0.2) is 0 Å². The summed E-state index contributed by atoms with van der Waals surface area (Å²) >= 11 is 0. The largest absolute Gasteiger partial charge is 0.415 e. The lowest BCUT2D eigenvalue weighted by molar-refractivity contribution is 0.370. The summed E-state index contributed by atoms with van der Waals surface area (Å²) in [5.41, 5.74) is 11.6. The summed E-state index contributed by atoms with van der Waals surface area (Å²) < 4.78 is 6.90. The van der Waals surface area contributed by atoms with Crippen LogP contribution in [-0.2, 0) is 4.43 Å². The van der Waals surface area contributed by atoms with E-state index in [1.165, 1.54) is 16.4 Å². The van der Waals surface area contributed by atoms with Crippen LogP contribution in [0.2, 0.25) is 25.2 Å². The number of unbranched alkanes of at least 4 members (excludes halogenated alkanes) is 1. The number of nitrogens with two attached hydrogens (primary N) is 2. The Bertz CT molecular complexity index is 656. The van der Waals surface area contributed by atoms with E-state index in [1.54, 1.807) is 0 Å². The molecule has 2 aromatic carbocycles. The second-order valence-electron chi connectivity index (χ2n) is 7.95. The fourth-order valence-electron chi connectivity index (χ4n) is 3.65. The van der Waals surface area contributed by atoms with E-state index in [4.69, 9.17) is 15.9 Å². The Labute approximate surface area is 167 Å². The molecule has 27 heavy (non-hydrogen) atoms. The second-order valence-corrected chi connectivity index (χ2v) is 16.3. The molecule has 148 valence electrons. The zero-order chi connectivity index (χ0) is 19.6. The van der Waals surface area contributed by atoms with Gasteiger partial charge >= 0.3 is 0 Å². The van der Waals surface area contributed by atoms with Crippen LogP contribution in [0.4, 0.5) is 0 Å². The fraction of sp³-hybridized carbons (Fsp3) is 0.455. The van der Waals surface area contributed by atoms with Crippen LogP contribution < -0.4 is 21.8 Å². The summed E-state index contributed by atoms with van der Waals surface area (Å²) in [6.07, 6.45) is 4.15. The average Bonchev–Trinajstić information content (AvgIpc) is 2.72. The van der Waals surface area contributed by atoms with E-state index in [0.717, 1.165) is 44.6 Å². The second kappa shape index (κ2) is 10.9. The molecule has 0 fully saturated rings. The average molecular weight is 401 g/mol. The van der Waals surface area contributed by atoms with Gasteiger partial charge in [-0.2, -0.15) is 0 Å². The summed E-state index contributed by atoms with van der Waals surface area (Å²) in [7, 11) is -3.73. The molecule has 2 unspecified atom stereocenters. The topological polar surface area (TPSA) is 61.3 Å². The molecule has 0 amide bonds. The first-order valence-corrected chi connectivity index (χ1v) is 15.7. The molecular formula is C22H36N2OSi2. The van der Waals surface area contributed by atoms with Crippen LogP contribution in [0.3, 0.4) is 0 Å². The van der Waals surface area contributed by atoms with Gasteiger partial charge in [0, 0.05) is 6.23 Å². The molecule has 0 saturated carbocycles. The summed E-state index contributed by atoms with van der Waals surface area (Å²) in [5.74, 6) is 0. The predicted octanol–water partition coefficient (Wildman–Crippen LogP) is 3.10. The molecule has 0 aliphatic carbocycles. The van der Waals surface area contributed by atoms with E-state index >= 15 is 0 Å². The van der Waals surface area contributed by atoms with Gasteiger partial charge in [0.25, 0.3) is 0 Å². The van der Waals surface area contributed by atoms with Crippen molar-refractivity contribution in [1.29, 1.82) is 0 Å². The highest BCUT2D eigenvalue weighted by atomic mass is 28.4. The molecule has 0 bridgehead atoms. The molecule has 0 saturated heterocycles. The Kier molecular flexibility index (Phi) is 8.92. The quantitative estimate of drug-likeness (QED) is 0.425. The van der Waals surface area contributed by atoms with Gasteiger partial charge in [-0.05, 0) is 43.7 Å². The highest BCUT2D eigenvalue weighted by Crippen LogP contribution is 2.20.